The number of hydrogen-bond acceptors (Lipinski definition) is 5. The number of nitrogens with zero attached hydrogens (tertiary/aromatic N) is 2. The second kappa shape index (κ2) is 7.54. The Kier molecular flexibility index (Phi) is 5.36. The number of carbonyl (C=O) groups is 3. The highest BCUT2D eigenvalue weighted by molar-refractivity contribution is 6.09. The summed E-state index contributed by atoms with van der Waals surface area (Å²) in [5, 5.41) is 2.94. The number of amides is 4. The number of imide groups is 1. The molecule has 29 heavy (non-hydrogen) atoms. The van der Waals surface area contributed by atoms with Gasteiger partial charge in [0.15, 0.2) is 6.29 Å². The smallest absolute Gasteiger partial charge is 0.325 e. The maximum absolute atomic E-state index is 13.2. The molecule has 2 atom stereocenters. The normalized spacial score (nSPS) is 33.6. The molecular formula is C21H33N3O5. The summed E-state index contributed by atoms with van der Waals surface area (Å²) in [5.41, 5.74) is -0.879. The van der Waals surface area contributed by atoms with Gasteiger partial charge in [-0.1, -0.05) is 20.8 Å². The molecular weight excluding hydrogens is 374 g/mol. The van der Waals surface area contributed by atoms with E-state index in [0.29, 0.717) is 51.0 Å². The van der Waals surface area contributed by atoms with Crippen LogP contribution in [0, 0.1) is 17.3 Å². The monoisotopic (exact) mass is 407 g/mol. The van der Waals surface area contributed by atoms with Crippen LogP contribution < -0.4 is 5.32 Å². The average molecular weight is 408 g/mol. The number of nitrogens with one attached hydrogen (secondary N) is 1. The molecule has 8 heteroatoms. The van der Waals surface area contributed by atoms with Crippen LogP contribution in [0.4, 0.5) is 4.79 Å². The van der Waals surface area contributed by atoms with Gasteiger partial charge < -0.3 is 19.7 Å². The highest BCUT2D eigenvalue weighted by Crippen LogP contribution is 2.46. The zero-order valence-electron chi connectivity index (χ0n) is 17.7. The zero-order chi connectivity index (χ0) is 20.8. The number of ether oxygens (including phenoxy) is 2. The van der Waals surface area contributed by atoms with Crippen LogP contribution in [0.25, 0.3) is 0 Å². The lowest BCUT2D eigenvalue weighted by Gasteiger charge is -2.43. The van der Waals surface area contributed by atoms with Crippen molar-refractivity contribution in [3.63, 3.8) is 0 Å². The van der Waals surface area contributed by atoms with Gasteiger partial charge in [0.2, 0.25) is 5.91 Å². The van der Waals surface area contributed by atoms with Gasteiger partial charge in [0.1, 0.15) is 12.1 Å². The SMILES string of the molecule is CC1CC(C)(C)CC2(C1)NC(=O)N(CC(=O)N1CCC(C3OCCO3)CC1)C2=O. The minimum atomic E-state index is -0.858. The molecule has 3 heterocycles. The molecule has 4 rings (SSSR count). The van der Waals surface area contributed by atoms with Crippen LogP contribution in [0.2, 0.25) is 0 Å². The largest absolute Gasteiger partial charge is 0.350 e. The number of hydrogen-bond donors (Lipinski definition) is 1. The van der Waals surface area contributed by atoms with E-state index in [4.69, 9.17) is 9.47 Å². The van der Waals surface area contributed by atoms with E-state index in [-0.39, 0.29) is 30.1 Å². The van der Waals surface area contributed by atoms with Gasteiger partial charge in [0, 0.05) is 19.0 Å². The number of urea groups is 1. The summed E-state index contributed by atoms with van der Waals surface area (Å²) in [6, 6.07) is -0.434. The molecule has 1 N–H and O–H groups in total. The molecule has 4 amide bonds. The molecule has 1 saturated carbocycles. The lowest BCUT2D eigenvalue weighted by atomic mass is 9.64. The third kappa shape index (κ3) is 4.01. The molecule has 1 spiro atoms. The summed E-state index contributed by atoms with van der Waals surface area (Å²) in [4.78, 5) is 41.5. The van der Waals surface area contributed by atoms with E-state index in [9.17, 15) is 14.4 Å². The summed E-state index contributed by atoms with van der Waals surface area (Å²) in [5.74, 6) is 0.240. The third-order valence-electron chi connectivity index (χ3n) is 6.84. The Balaban J connectivity index is 1.36. The molecule has 1 aliphatic carbocycles. The summed E-state index contributed by atoms with van der Waals surface area (Å²) < 4.78 is 11.2. The summed E-state index contributed by atoms with van der Waals surface area (Å²) >= 11 is 0. The maximum Gasteiger partial charge on any atom is 0.325 e. The van der Waals surface area contributed by atoms with E-state index in [0.717, 1.165) is 24.2 Å². The van der Waals surface area contributed by atoms with Crippen LogP contribution in [0.5, 0.6) is 0 Å². The molecule has 162 valence electrons. The third-order valence-corrected chi connectivity index (χ3v) is 6.84. The first-order chi connectivity index (χ1) is 13.7. The number of piperidine rings is 1. The van der Waals surface area contributed by atoms with Crippen molar-refractivity contribution in [1.82, 2.24) is 15.1 Å². The van der Waals surface area contributed by atoms with E-state index in [1.165, 1.54) is 0 Å². The second-order valence-electron chi connectivity index (χ2n) is 10.1. The Labute approximate surface area is 172 Å². The van der Waals surface area contributed by atoms with Crippen LogP contribution in [0.15, 0.2) is 0 Å². The van der Waals surface area contributed by atoms with E-state index in [1.54, 1.807) is 4.90 Å². The molecule has 4 fully saturated rings. The standard InChI is InChI=1S/C21H33N3O5/c1-14-10-20(2,3)13-21(11-14)18(26)24(19(27)22-21)12-16(25)23-6-4-15(5-7-23)17-28-8-9-29-17/h14-15,17H,4-13H2,1-3H3,(H,22,27). The van der Waals surface area contributed by atoms with Crippen LogP contribution in [0.3, 0.4) is 0 Å². The minimum Gasteiger partial charge on any atom is -0.350 e. The van der Waals surface area contributed by atoms with Crippen LogP contribution >= 0.6 is 0 Å². The number of likely N-dealkylation sites (tertiary alicyclic amines) is 1. The molecule has 3 aliphatic heterocycles. The first-order valence-corrected chi connectivity index (χ1v) is 10.8. The van der Waals surface area contributed by atoms with Crippen molar-refractivity contribution in [2.45, 2.75) is 64.7 Å². The minimum absolute atomic E-state index is 0.0209. The van der Waals surface area contributed by atoms with Crippen LogP contribution in [-0.4, -0.2) is 72.3 Å². The Bertz CT molecular complexity index is 682. The fraction of sp³-hybridized carbons (Fsp3) is 0.857. The molecule has 8 nitrogen and oxygen atoms in total. The molecule has 3 saturated heterocycles. The first kappa shape index (κ1) is 20.6. The van der Waals surface area contributed by atoms with Crippen molar-refractivity contribution in [2.24, 2.45) is 17.3 Å². The Hall–Kier alpha value is -1.67. The molecule has 4 aliphatic rings. The van der Waals surface area contributed by atoms with Crippen molar-refractivity contribution in [1.29, 1.82) is 0 Å². The van der Waals surface area contributed by atoms with E-state index >= 15 is 0 Å². The molecule has 0 aromatic carbocycles. The van der Waals surface area contributed by atoms with E-state index in [1.807, 2.05) is 0 Å². The van der Waals surface area contributed by atoms with Crippen molar-refractivity contribution >= 4 is 17.8 Å². The van der Waals surface area contributed by atoms with Crippen molar-refractivity contribution < 1.29 is 23.9 Å². The van der Waals surface area contributed by atoms with Gasteiger partial charge in [-0.3, -0.25) is 14.5 Å². The van der Waals surface area contributed by atoms with E-state index < -0.39 is 11.6 Å². The van der Waals surface area contributed by atoms with Gasteiger partial charge in [-0.25, -0.2) is 4.79 Å². The second-order valence-corrected chi connectivity index (χ2v) is 10.1. The molecule has 0 aromatic rings. The van der Waals surface area contributed by atoms with Gasteiger partial charge in [-0.15, -0.1) is 0 Å². The molecule has 0 bridgehead atoms. The highest BCUT2D eigenvalue weighted by Gasteiger charge is 2.56. The van der Waals surface area contributed by atoms with Crippen molar-refractivity contribution in [2.75, 3.05) is 32.8 Å². The topological polar surface area (TPSA) is 88.2 Å². The fourth-order valence-corrected chi connectivity index (χ4v) is 5.95. The summed E-state index contributed by atoms with van der Waals surface area (Å²) in [7, 11) is 0. The fourth-order valence-electron chi connectivity index (χ4n) is 5.95. The van der Waals surface area contributed by atoms with Crippen molar-refractivity contribution in [3.05, 3.63) is 0 Å². The first-order valence-electron chi connectivity index (χ1n) is 10.8. The number of rotatable bonds is 3. The van der Waals surface area contributed by atoms with E-state index in [2.05, 4.69) is 26.1 Å². The Morgan fingerprint density at radius 3 is 2.41 bits per heavy atom. The summed E-state index contributed by atoms with van der Waals surface area (Å²) in [6.45, 7) is 8.69. The Morgan fingerprint density at radius 2 is 1.79 bits per heavy atom. The number of carbonyl (C=O) groups excluding carboxylic acids is 3. The van der Waals surface area contributed by atoms with Gasteiger partial charge in [0.25, 0.3) is 5.91 Å². The van der Waals surface area contributed by atoms with Crippen LogP contribution in [0.1, 0.15) is 52.9 Å². The van der Waals surface area contributed by atoms with Crippen LogP contribution in [-0.2, 0) is 19.1 Å². The lowest BCUT2D eigenvalue weighted by molar-refractivity contribution is -0.143. The molecule has 0 radical (unpaired) electrons. The van der Waals surface area contributed by atoms with Gasteiger partial charge in [-0.05, 0) is 43.4 Å². The zero-order valence-corrected chi connectivity index (χ0v) is 17.7. The maximum atomic E-state index is 13.2. The van der Waals surface area contributed by atoms with Crippen molar-refractivity contribution in [3.8, 4) is 0 Å². The summed E-state index contributed by atoms with van der Waals surface area (Å²) in [6.07, 6.45) is 3.75. The lowest BCUT2D eigenvalue weighted by Crippen LogP contribution is -2.54. The molecule has 2 unspecified atom stereocenters. The Morgan fingerprint density at radius 1 is 1.14 bits per heavy atom. The average Bonchev–Trinajstić information content (AvgIpc) is 3.24. The van der Waals surface area contributed by atoms with Gasteiger partial charge in [0.05, 0.1) is 13.2 Å². The predicted molar refractivity (Wildman–Crippen MR) is 105 cm³/mol. The van der Waals surface area contributed by atoms with Gasteiger partial charge in [-0.2, -0.15) is 0 Å². The highest BCUT2D eigenvalue weighted by atomic mass is 16.7. The molecule has 0 aromatic heterocycles. The quantitative estimate of drug-likeness (QED) is 0.720. The van der Waals surface area contributed by atoms with Gasteiger partial charge >= 0.3 is 6.03 Å². The predicted octanol–water partition coefficient (Wildman–Crippen LogP) is 1.73.